The summed E-state index contributed by atoms with van der Waals surface area (Å²) in [5.74, 6) is 2.00. The third-order valence-electron chi connectivity index (χ3n) is 2.79. The largest absolute Gasteiger partial charge is 0.493 e. The average molecular weight is 317 g/mol. The quantitative estimate of drug-likeness (QED) is 0.786. The van der Waals surface area contributed by atoms with Gasteiger partial charge in [0, 0.05) is 18.7 Å². The molecule has 0 saturated heterocycles. The molecule has 2 rings (SSSR count). The van der Waals surface area contributed by atoms with E-state index in [-0.39, 0.29) is 13.4 Å². The van der Waals surface area contributed by atoms with Crippen LogP contribution in [-0.4, -0.2) is 25.6 Å². The molecule has 1 aliphatic rings. The van der Waals surface area contributed by atoms with E-state index < -0.39 is 0 Å². The molecule has 0 heterocycles. The maximum atomic E-state index is 9.32. The maximum Gasteiger partial charge on any atom is 0.188 e. The van der Waals surface area contributed by atoms with Crippen molar-refractivity contribution in [1.82, 2.24) is 0 Å². The Morgan fingerprint density at radius 2 is 2.06 bits per heavy atom. The van der Waals surface area contributed by atoms with Crippen molar-refractivity contribution in [2.45, 2.75) is 19.4 Å². The second kappa shape index (κ2) is 6.41. The molecular formula is C13H17BrO4. The van der Waals surface area contributed by atoms with E-state index in [0.29, 0.717) is 24.0 Å². The molecule has 1 saturated carbocycles. The van der Waals surface area contributed by atoms with Crippen molar-refractivity contribution in [3.63, 3.8) is 0 Å². The maximum absolute atomic E-state index is 9.32. The van der Waals surface area contributed by atoms with Crippen LogP contribution >= 0.6 is 15.9 Å². The van der Waals surface area contributed by atoms with Gasteiger partial charge in [-0.05, 0) is 40.8 Å². The molecule has 0 aromatic heterocycles. The van der Waals surface area contributed by atoms with Gasteiger partial charge in [0.2, 0.25) is 0 Å². The first kappa shape index (κ1) is 13.6. The summed E-state index contributed by atoms with van der Waals surface area (Å²) < 4.78 is 16.8. The molecule has 1 aromatic rings. The molecule has 18 heavy (non-hydrogen) atoms. The second-order valence-electron chi connectivity index (χ2n) is 4.35. The van der Waals surface area contributed by atoms with Crippen LogP contribution in [0.5, 0.6) is 11.5 Å². The van der Waals surface area contributed by atoms with Crippen molar-refractivity contribution in [2.75, 3.05) is 20.5 Å². The van der Waals surface area contributed by atoms with Gasteiger partial charge in [-0.2, -0.15) is 0 Å². The van der Waals surface area contributed by atoms with Gasteiger partial charge in [0.05, 0.1) is 17.7 Å². The van der Waals surface area contributed by atoms with Crippen LogP contribution in [0.4, 0.5) is 0 Å². The van der Waals surface area contributed by atoms with Gasteiger partial charge >= 0.3 is 0 Å². The third kappa shape index (κ3) is 3.60. The molecular weight excluding hydrogens is 300 g/mol. The molecule has 5 heteroatoms. The first-order valence-corrected chi connectivity index (χ1v) is 6.71. The minimum Gasteiger partial charge on any atom is -0.493 e. The smallest absolute Gasteiger partial charge is 0.188 e. The topological polar surface area (TPSA) is 47.9 Å². The van der Waals surface area contributed by atoms with Crippen molar-refractivity contribution in [3.8, 4) is 11.5 Å². The Morgan fingerprint density at radius 3 is 2.67 bits per heavy atom. The number of halogens is 1. The number of aliphatic hydroxyl groups is 1. The van der Waals surface area contributed by atoms with E-state index >= 15 is 0 Å². The summed E-state index contributed by atoms with van der Waals surface area (Å²) in [7, 11) is 1.57. The third-order valence-corrected chi connectivity index (χ3v) is 3.41. The van der Waals surface area contributed by atoms with Crippen molar-refractivity contribution < 1.29 is 19.3 Å². The lowest BCUT2D eigenvalue weighted by atomic mass is 10.2. The molecule has 0 atom stereocenters. The van der Waals surface area contributed by atoms with Gasteiger partial charge < -0.3 is 19.3 Å². The fraction of sp³-hybridized carbons (Fsp3) is 0.538. The number of ether oxygens (including phenoxy) is 3. The summed E-state index contributed by atoms with van der Waals surface area (Å²) in [6.45, 7) is 0.834. The highest BCUT2D eigenvalue weighted by molar-refractivity contribution is 9.10. The normalized spacial score (nSPS) is 14.6. The Hall–Kier alpha value is -0.780. The van der Waals surface area contributed by atoms with E-state index in [9.17, 15) is 5.11 Å². The first-order valence-electron chi connectivity index (χ1n) is 5.92. The lowest BCUT2D eigenvalue weighted by Crippen LogP contribution is -2.04. The van der Waals surface area contributed by atoms with Gasteiger partial charge in [0.25, 0.3) is 0 Å². The van der Waals surface area contributed by atoms with Gasteiger partial charge in [-0.25, -0.2) is 0 Å². The number of rotatable bonds is 7. The minimum absolute atomic E-state index is 0.0524. The highest BCUT2D eigenvalue weighted by Gasteiger charge is 2.22. The van der Waals surface area contributed by atoms with E-state index in [4.69, 9.17) is 14.2 Å². The molecule has 1 N–H and O–H groups in total. The average Bonchev–Trinajstić information content (AvgIpc) is 3.19. The van der Waals surface area contributed by atoms with Crippen molar-refractivity contribution in [2.24, 2.45) is 5.92 Å². The van der Waals surface area contributed by atoms with Crippen molar-refractivity contribution >= 4 is 15.9 Å². The van der Waals surface area contributed by atoms with Crippen LogP contribution in [0.1, 0.15) is 18.4 Å². The first-order chi connectivity index (χ1) is 8.74. The monoisotopic (exact) mass is 316 g/mol. The molecule has 0 bridgehead atoms. The SMILES string of the molecule is COCOc1cc(OCC2CC2)c(CO)cc1Br. The predicted molar refractivity (Wildman–Crippen MR) is 70.8 cm³/mol. The van der Waals surface area contributed by atoms with Crippen molar-refractivity contribution in [3.05, 3.63) is 22.2 Å². The standard InChI is InChI=1S/C13H17BrO4/c1-16-8-18-13-5-12(17-7-9-2-3-9)10(6-15)4-11(13)14/h4-5,9,15H,2-3,6-8H2,1H3. The molecule has 1 aromatic carbocycles. The van der Waals surface area contributed by atoms with Crippen molar-refractivity contribution in [1.29, 1.82) is 0 Å². The van der Waals surface area contributed by atoms with E-state index in [0.717, 1.165) is 10.0 Å². The van der Waals surface area contributed by atoms with Gasteiger partial charge in [-0.3, -0.25) is 0 Å². The van der Waals surface area contributed by atoms with Crippen LogP contribution in [0, 0.1) is 5.92 Å². The molecule has 1 fully saturated rings. The predicted octanol–water partition coefficient (Wildman–Crippen LogP) is 2.71. The molecule has 1 aliphatic carbocycles. The Labute approximate surface area is 115 Å². The van der Waals surface area contributed by atoms with Crippen LogP contribution in [0.3, 0.4) is 0 Å². The Kier molecular flexibility index (Phi) is 4.86. The van der Waals surface area contributed by atoms with Gasteiger partial charge in [0.15, 0.2) is 6.79 Å². The molecule has 0 spiro atoms. The summed E-state index contributed by atoms with van der Waals surface area (Å²) in [6.07, 6.45) is 2.47. The Morgan fingerprint density at radius 1 is 1.28 bits per heavy atom. The number of hydrogen-bond acceptors (Lipinski definition) is 4. The zero-order valence-electron chi connectivity index (χ0n) is 10.3. The number of methoxy groups -OCH3 is 1. The van der Waals surface area contributed by atoms with E-state index in [1.165, 1.54) is 12.8 Å². The summed E-state index contributed by atoms with van der Waals surface area (Å²) in [6, 6.07) is 3.60. The lowest BCUT2D eigenvalue weighted by molar-refractivity contribution is 0.0503. The van der Waals surface area contributed by atoms with E-state index in [1.807, 2.05) is 6.07 Å². The number of aliphatic hydroxyl groups excluding tert-OH is 1. The van der Waals surface area contributed by atoms with E-state index in [1.54, 1.807) is 13.2 Å². The minimum atomic E-state index is -0.0524. The van der Waals surface area contributed by atoms with Crippen LogP contribution < -0.4 is 9.47 Å². The molecule has 0 amide bonds. The highest BCUT2D eigenvalue weighted by Crippen LogP contribution is 2.35. The molecule has 100 valence electrons. The van der Waals surface area contributed by atoms with Crippen LogP contribution in [0.15, 0.2) is 16.6 Å². The fourth-order valence-corrected chi connectivity index (χ4v) is 2.06. The lowest BCUT2D eigenvalue weighted by Gasteiger charge is -2.14. The molecule has 0 radical (unpaired) electrons. The Balaban J connectivity index is 2.12. The Bertz CT molecular complexity index is 404. The van der Waals surface area contributed by atoms with Gasteiger partial charge in [-0.1, -0.05) is 0 Å². The zero-order chi connectivity index (χ0) is 13.0. The molecule has 0 aliphatic heterocycles. The van der Waals surface area contributed by atoms with Crippen LogP contribution in [0.25, 0.3) is 0 Å². The zero-order valence-corrected chi connectivity index (χ0v) is 11.9. The summed E-state index contributed by atoms with van der Waals surface area (Å²) in [5, 5.41) is 9.32. The fourth-order valence-electron chi connectivity index (χ4n) is 1.56. The summed E-state index contributed by atoms with van der Waals surface area (Å²) in [5.41, 5.74) is 0.757. The van der Waals surface area contributed by atoms with Gasteiger partial charge in [-0.15, -0.1) is 0 Å². The second-order valence-corrected chi connectivity index (χ2v) is 5.21. The summed E-state index contributed by atoms with van der Waals surface area (Å²) in [4.78, 5) is 0. The highest BCUT2D eigenvalue weighted by atomic mass is 79.9. The number of benzene rings is 1. The van der Waals surface area contributed by atoms with Crippen LogP contribution in [0.2, 0.25) is 0 Å². The summed E-state index contributed by atoms with van der Waals surface area (Å²) >= 11 is 3.40. The molecule has 4 nitrogen and oxygen atoms in total. The van der Waals surface area contributed by atoms with Crippen LogP contribution in [-0.2, 0) is 11.3 Å². The van der Waals surface area contributed by atoms with E-state index in [2.05, 4.69) is 15.9 Å². The molecule has 0 unspecified atom stereocenters. The van der Waals surface area contributed by atoms with Gasteiger partial charge in [0.1, 0.15) is 11.5 Å². The number of hydrogen-bond donors (Lipinski definition) is 1.